The maximum absolute atomic E-state index is 4.63. The van der Waals surface area contributed by atoms with Crippen LogP contribution in [0.4, 0.5) is 0 Å². The molecule has 0 radical (unpaired) electrons. The average Bonchev–Trinajstić information content (AvgIpc) is 2.26. The lowest BCUT2D eigenvalue weighted by Gasteiger charge is -2.01. The Balaban J connectivity index is 2.47. The molecular formula is C13H8IN. The van der Waals surface area contributed by atoms with Crippen molar-refractivity contribution in [1.29, 1.82) is 0 Å². The summed E-state index contributed by atoms with van der Waals surface area (Å²) in [7, 11) is 0. The van der Waals surface area contributed by atoms with Crippen LogP contribution in [0.15, 0.2) is 48.5 Å². The molecule has 1 aromatic heterocycles. The van der Waals surface area contributed by atoms with Crippen LogP contribution in [0.25, 0.3) is 21.8 Å². The predicted octanol–water partition coefficient (Wildman–Crippen LogP) is 3.99. The Morgan fingerprint density at radius 3 is 2.53 bits per heavy atom. The fourth-order valence-corrected chi connectivity index (χ4v) is 2.22. The molecular weight excluding hydrogens is 297 g/mol. The number of para-hydroxylation sites is 1. The number of pyridine rings is 1. The first-order valence-electron chi connectivity index (χ1n) is 4.78. The molecule has 0 aliphatic carbocycles. The third-order valence-electron chi connectivity index (χ3n) is 2.48. The number of halogens is 1. The zero-order chi connectivity index (χ0) is 10.3. The van der Waals surface area contributed by atoms with Gasteiger partial charge in [-0.2, -0.15) is 0 Å². The average molecular weight is 305 g/mol. The number of hydrogen-bond donors (Lipinski definition) is 0. The summed E-state index contributed by atoms with van der Waals surface area (Å²) < 4.78 is 1.22. The van der Waals surface area contributed by atoms with Crippen molar-refractivity contribution in [2.45, 2.75) is 0 Å². The lowest BCUT2D eigenvalue weighted by molar-refractivity contribution is 1.49. The molecule has 0 fully saturated rings. The molecule has 3 aromatic rings. The molecule has 0 N–H and O–H groups in total. The molecule has 0 bridgehead atoms. The summed E-state index contributed by atoms with van der Waals surface area (Å²) in [6.07, 6.45) is 0. The summed E-state index contributed by atoms with van der Waals surface area (Å²) in [4.78, 5) is 4.63. The minimum absolute atomic E-state index is 1.06. The topological polar surface area (TPSA) is 12.9 Å². The number of fused-ring (bicyclic) bond motifs is 2. The second kappa shape index (κ2) is 3.45. The summed E-state index contributed by atoms with van der Waals surface area (Å²) in [6, 6.07) is 16.7. The van der Waals surface area contributed by atoms with Gasteiger partial charge in [-0.15, -0.1) is 0 Å². The van der Waals surface area contributed by atoms with Gasteiger partial charge in [0.05, 0.1) is 11.0 Å². The van der Waals surface area contributed by atoms with E-state index in [9.17, 15) is 0 Å². The first-order valence-corrected chi connectivity index (χ1v) is 5.86. The van der Waals surface area contributed by atoms with Gasteiger partial charge in [-0.05, 0) is 46.9 Å². The lowest BCUT2D eigenvalue weighted by Crippen LogP contribution is -1.82. The van der Waals surface area contributed by atoms with Gasteiger partial charge in [0, 0.05) is 14.3 Å². The molecule has 2 aromatic carbocycles. The second-order valence-corrected chi connectivity index (χ2v) is 4.76. The Kier molecular flexibility index (Phi) is 2.09. The van der Waals surface area contributed by atoms with Crippen LogP contribution in [0.2, 0.25) is 0 Å². The van der Waals surface area contributed by atoms with Crippen molar-refractivity contribution in [3.8, 4) is 0 Å². The second-order valence-electron chi connectivity index (χ2n) is 3.52. The normalized spacial score (nSPS) is 11.0. The van der Waals surface area contributed by atoms with E-state index in [0.29, 0.717) is 0 Å². The Hall–Kier alpha value is -1.16. The summed E-state index contributed by atoms with van der Waals surface area (Å²) in [5, 5.41) is 2.40. The highest BCUT2D eigenvalue weighted by atomic mass is 127. The third-order valence-corrected chi connectivity index (χ3v) is 3.15. The monoisotopic (exact) mass is 305 g/mol. The molecule has 0 spiro atoms. The van der Waals surface area contributed by atoms with Crippen LogP contribution in [-0.2, 0) is 0 Å². The zero-order valence-corrected chi connectivity index (χ0v) is 10.1. The molecule has 72 valence electrons. The predicted molar refractivity (Wildman–Crippen MR) is 72.0 cm³/mol. The van der Waals surface area contributed by atoms with Crippen molar-refractivity contribution in [1.82, 2.24) is 4.98 Å². The summed E-state index contributed by atoms with van der Waals surface area (Å²) in [5.74, 6) is 0. The third kappa shape index (κ3) is 1.59. The van der Waals surface area contributed by atoms with E-state index in [1.807, 2.05) is 12.1 Å². The molecule has 15 heavy (non-hydrogen) atoms. The van der Waals surface area contributed by atoms with Gasteiger partial charge in [-0.25, -0.2) is 4.98 Å². The van der Waals surface area contributed by atoms with E-state index in [0.717, 1.165) is 11.0 Å². The fraction of sp³-hybridized carbons (Fsp3) is 0. The Bertz CT molecular complexity index is 646. The van der Waals surface area contributed by atoms with Crippen molar-refractivity contribution >= 4 is 44.4 Å². The van der Waals surface area contributed by atoms with E-state index in [4.69, 9.17) is 0 Å². The van der Waals surface area contributed by atoms with E-state index >= 15 is 0 Å². The maximum atomic E-state index is 4.63. The summed E-state index contributed by atoms with van der Waals surface area (Å²) >= 11 is 2.31. The Morgan fingerprint density at radius 2 is 1.60 bits per heavy atom. The molecule has 1 heterocycles. The Morgan fingerprint density at radius 1 is 0.800 bits per heavy atom. The number of aromatic nitrogens is 1. The summed E-state index contributed by atoms with van der Waals surface area (Å²) in [5.41, 5.74) is 2.13. The van der Waals surface area contributed by atoms with Crippen LogP contribution in [0.5, 0.6) is 0 Å². The van der Waals surface area contributed by atoms with Gasteiger partial charge in [0.15, 0.2) is 0 Å². The molecule has 0 atom stereocenters. The summed E-state index contributed by atoms with van der Waals surface area (Å²) in [6.45, 7) is 0. The molecule has 2 heteroatoms. The minimum atomic E-state index is 1.06. The molecule has 0 saturated carbocycles. The quantitative estimate of drug-likeness (QED) is 0.452. The van der Waals surface area contributed by atoms with E-state index < -0.39 is 0 Å². The number of rotatable bonds is 0. The highest BCUT2D eigenvalue weighted by Gasteiger charge is 1.99. The van der Waals surface area contributed by atoms with Crippen molar-refractivity contribution in [3.05, 3.63) is 52.1 Å². The van der Waals surface area contributed by atoms with E-state index in [-0.39, 0.29) is 0 Å². The highest BCUT2D eigenvalue weighted by Crippen LogP contribution is 2.20. The Labute approximate surface area is 101 Å². The van der Waals surface area contributed by atoms with Gasteiger partial charge in [0.1, 0.15) is 0 Å². The van der Waals surface area contributed by atoms with Gasteiger partial charge >= 0.3 is 0 Å². The van der Waals surface area contributed by atoms with Crippen LogP contribution < -0.4 is 0 Å². The largest absolute Gasteiger partial charge is 0.248 e. The van der Waals surface area contributed by atoms with Gasteiger partial charge in [-0.1, -0.05) is 24.3 Å². The molecule has 0 aliphatic heterocycles. The van der Waals surface area contributed by atoms with Crippen molar-refractivity contribution in [2.24, 2.45) is 0 Å². The van der Waals surface area contributed by atoms with E-state index in [1.165, 1.54) is 14.3 Å². The highest BCUT2D eigenvalue weighted by molar-refractivity contribution is 14.1. The minimum Gasteiger partial charge on any atom is -0.248 e. The van der Waals surface area contributed by atoms with Gasteiger partial charge in [-0.3, -0.25) is 0 Å². The SMILES string of the molecule is Ic1ccc2cc3ccccc3nc2c1. The molecule has 0 aliphatic rings. The maximum Gasteiger partial charge on any atom is 0.0720 e. The number of nitrogens with zero attached hydrogens (tertiary/aromatic N) is 1. The van der Waals surface area contributed by atoms with Gasteiger partial charge in [0.25, 0.3) is 0 Å². The van der Waals surface area contributed by atoms with Crippen LogP contribution in [0.3, 0.4) is 0 Å². The molecule has 3 rings (SSSR count). The van der Waals surface area contributed by atoms with Gasteiger partial charge in [0.2, 0.25) is 0 Å². The first kappa shape index (κ1) is 9.09. The molecule has 0 saturated heterocycles. The van der Waals surface area contributed by atoms with Crippen LogP contribution >= 0.6 is 22.6 Å². The van der Waals surface area contributed by atoms with E-state index in [1.54, 1.807) is 0 Å². The van der Waals surface area contributed by atoms with Crippen LogP contribution in [0.1, 0.15) is 0 Å². The van der Waals surface area contributed by atoms with E-state index in [2.05, 4.69) is 64.0 Å². The molecule has 0 amide bonds. The first-order chi connectivity index (χ1) is 7.33. The number of benzene rings is 2. The lowest BCUT2D eigenvalue weighted by atomic mass is 10.1. The molecule has 0 unspecified atom stereocenters. The van der Waals surface area contributed by atoms with Crippen LogP contribution in [0, 0.1) is 3.57 Å². The van der Waals surface area contributed by atoms with Crippen molar-refractivity contribution < 1.29 is 0 Å². The van der Waals surface area contributed by atoms with Gasteiger partial charge < -0.3 is 0 Å². The zero-order valence-electron chi connectivity index (χ0n) is 7.94. The smallest absolute Gasteiger partial charge is 0.0720 e. The van der Waals surface area contributed by atoms with Crippen LogP contribution in [-0.4, -0.2) is 4.98 Å². The fourth-order valence-electron chi connectivity index (χ4n) is 1.74. The van der Waals surface area contributed by atoms with Crippen molar-refractivity contribution in [3.63, 3.8) is 0 Å². The standard InChI is InChI=1S/C13H8IN/c14-11-6-5-10-7-9-3-1-2-4-12(9)15-13(10)8-11/h1-8H. The number of hydrogen-bond acceptors (Lipinski definition) is 1. The molecule has 1 nitrogen and oxygen atoms in total. The van der Waals surface area contributed by atoms with Crippen molar-refractivity contribution in [2.75, 3.05) is 0 Å².